The van der Waals surface area contributed by atoms with Crippen molar-refractivity contribution in [1.82, 2.24) is 5.09 Å². The average molecular weight is 206 g/mol. The van der Waals surface area contributed by atoms with Crippen LogP contribution < -0.4 is 5.09 Å². The van der Waals surface area contributed by atoms with Gasteiger partial charge in [0.2, 0.25) is 0 Å². The Kier molecular flexibility index (Phi) is 3.36. The molecule has 13 heavy (non-hydrogen) atoms. The lowest BCUT2D eigenvalue weighted by molar-refractivity contribution is -0.143. The van der Waals surface area contributed by atoms with Crippen LogP contribution in [0.25, 0.3) is 0 Å². The van der Waals surface area contributed by atoms with Crippen LogP contribution in [0, 0.1) is 0 Å². The van der Waals surface area contributed by atoms with Gasteiger partial charge in [-0.1, -0.05) is 5.09 Å². The summed E-state index contributed by atoms with van der Waals surface area (Å²) in [5.41, 5.74) is -0.739. The highest BCUT2D eigenvalue weighted by atomic mass is 31.1. The SMILES string of the molecule is CCO[P+](=O)NC1(C(=O)OC)CC1. The number of hydrogen-bond acceptors (Lipinski definition) is 4. The molecule has 0 spiro atoms. The van der Waals surface area contributed by atoms with Crippen molar-refractivity contribution in [3.05, 3.63) is 0 Å². The highest BCUT2D eigenvalue weighted by Gasteiger charge is 2.57. The molecule has 6 heteroatoms. The summed E-state index contributed by atoms with van der Waals surface area (Å²) in [5.74, 6) is -0.365. The van der Waals surface area contributed by atoms with E-state index >= 15 is 0 Å². The Morgan fingerprint density at radius 2 is 2.23 bits per heavy atom. The molecule has 1 unspecified atom stereocenters. The van der Waals surface area contributed by atoms with Gasteiger partial charge in [0.25, 0.3) is 0 Å². The van der Waals surface area contributed by atoms with Gasteiger partial charge < -0.3 is 4.74 Å². The lowest BCUT2D eigenvalue weighted by Crippen LogP contribution is -2.35. The summed E-state index contributed by atoms with van der Waals surface area (Å²) in [6, 6.07) is 0. The first kappa shape index (κ1) is 10.6. The van der Waals surface area contributed by atoms with Gasteiger partial charge in [-0.2, -0.15) is 0 Å². The topological polar surface area (TPSA) is 64.6 Å². The molecule has 0 aromatic carbocycles. The second-order valence-electron chi connectivity index (χ2n) is 2.86. The van der Waals surface area contributed by atoms with E-state index in [2.05, 4.69) is 9.82 Å². The molecular weight excluding hydrogens is 193 g/mol. The second-order valence-corrected chi connectivity index (χ2v) is 3.86. The second kappa shape index (κ2) is 4.13. The smallest absolute Gasteiger partial charge is 0.468 e. The number of rotatable bonds is 5. The van der Waals surface area contributed by atoms with Crippen LogP contribution in [0.1, 0.15) is 19.8 Å². The van der Waals surface area contributed by atoms with E-state index in [1.165, 1.54) is 7.11 Å². The van der Waals surface area contributed by atoms with Crippen molar-refractivity contribution in [3.8, 4) is 0 Å². The predicted molar refractivity (Wildman–Crippen MR) is 46.3 cm³/mol. The summed E-state index contributed by atoms with van der Waals surface area (Å²) in [5, 5.41) is 2.63. The van der Waals surface area contributed by atoms with Gasteiger partial charge in [-0.05, 0) is 24.3 Å². The van der Waals surface area contributed by atoms with Gasteiger partial charge in [0.05, 0.1) is 7.11 Å². The molecule has 0 amide bonds. The predicted octanol–water partition coefficient (Wildman–Crippen LogP) is 0.975. The minimum atomic E-state index is -1.95. The van der Waals surface area contributed by atoms with E-state index in [1.54, 1.807) is 6.92 Å². The Morgan fingerprint density at radius 3 is 2.62 bits per heavy atom. The van der Waals surface area contributed by atoms with Crippen LogP contribution >= 0.6 is 8.18 Å². The normalized spacial score (nSPS) is 19.4. The number of esters is 1. The van der Waals surface area contributed by atoms with Crippen molar-refractivity contribution < 1.29 is 18.6 Å². The van der Waals surface area contributed by atoms with Crippen LogP contribution in [-0.4, -0.2) is 25.2 Å². The van der Waals surface area contributed by atoms with Crippen molar-refractivity contribution in [3.63, 3.8) is 0 Å². The summed E-state index contributed by atoms with van der Waals surface area (Å²) in [4.78, 5) is 11.2. The molecule has 0 heterocycles. The van der Waals surface area contributed by atoms with Gasteiger partial charge in [-0.3, -0.25) is 0 Å². The number of ether oxygens (including phenoxy) is 1. The van der Waals surface area contributed by atoms with Crippen LogP contribution in [0.15, 0.2) is 0 Å². The molecule has 0 radical (unpaired) electrons. The molecule has 1 saturated carbocycles. The molecule has 1 N–H and O–H groups in total. The molecule has 0 aliphatic heterocycles. The fourth-order valence-corrected chi connectivity index (χ4v) is 1.97. The van der Waals surface area contributed by atoms with Gasteiger partial charge in [-0.15, -0.1) is 4.52 Å². The molecule has 1 aliphatic rings. The lowest BCUT2D eigenvalue weighted by atomic mass is 10.3. The zero-order valence-electron chi connectivity index (χ0n) is 7.70. The van der Waals surface area contributed by atoms with Gasteiger partial charge in [0.15, 0.2) is 5.54 Å². The summed E-state index contributed by atoms with van der Waals surface area (Å²) in [6.07, 6.45) is 1.32. The van der Waals surface area contributed by atoms with E-state index in [1.807, 2.05) is 0 Å². The van der Waals surface area contributed by atoms with Crippen molar-refractivity contribution in [1.29, 1.82) is 0 Å². The van der Waals surface area contributed by atoms with E-state index in [4.69, 9.17) is 4.52 Å². The largest absolute Gasteiger partial charge is 0.614 e. The van der Waals surface area contributed by atoms with Crippen molar-refractivity contribution >= 4 is 14.1 Å². The summed E-state index contributed by atoms with van der Waals surface area (Å²) in [6.45, 7) is 2.10. The zero-order valence-corrected chi connectivity index (χ0v) is 8.60. The Bertz CT molecular complexity index is 227. The standard InChI is InChI=1S/C7H13NO4P/c1-3-12-13(10)8-7(4-5-7)6(9)11-2/h3-5H2,1-2H3,(H,8,10)/q+1. The highest BCUT2D eigenvalue weighted by Crippen LogP contribution is 2.41. The minimum Gasteiger partial charge on any atom is -0.468 e. The fraction of sp³-hybridized carbons (Fsp3) is 0.857. The summed E-state index contributed by atoms with van der Waals surface area (Å²) in [7, 11) is -0.628. The Hall–Kier alpha value is -0.510. The summed E-state index contributed by atoms with van der Waals surface area (Å²) < 4.78 is 20.5. The summed E-state index contributed by atoms with van der Waals surface area (Å²) >= 11 is 0. The molecule has 1 aliphatic carbocycles. The van der Waals surface area contributed by atoms with Crippen LogP contribution in [0.2, 0.25) is 0 Å². The zero-order chi connectivity index (χ0) is 9.90. The number of carbonyl (C=O) groups is 1. The molecular formula is C7H13NO4P+. The maximum absolute atomic E-state index is 11.2. The molecule has 0 aromatic rings. The van der Waals surface area contributed by atoms with Gasteiger partial charge >= 0.3 is 14.1 Å². The van der Waals surface area contributed by atoms with Crippen molar-refractivity contribution in [2.45, 2.75) is 25.3 Å². The van der Waals surface area contributed by atoms with E-state index in [0.29, 0.717) is 19.4 Å². The fourth-order valence-electron chi connectivity index (χ4n) is 1.01. The molecule has 0 aromatic heterocycles. The van der Waals surface area contributed by atoms with Crippen LogP contribution in [-0.2, 0) is 18.6 Å². The molecule has 0 saturated heterocycles. The third-order valence-corrected chi connectivity index (χ3v) is 2.98. The number of hydrogen-bond donors (Lipinski definition) is 1. The van der Waals surface area contributed by atoms with Crippen LogP contribution in [0.5, 0.6) is 0 Å². The van der Waals surface area contributed by atoms with E-state index < -0.39 is 13.7 Å². The van der Waals surface area contributed by atoms with Crippen molar-refractivity contribution in [2.24, 2.45) is 0 Å². The van der Waals surface area contributed by atoms with E-state index in [9.17, 15) is 9.36 Å². The van der Waals surface area contributed by atoms with Crippen molar-refractivity contribution in [2.75, 3.05) is 13.7 Å². The first-order valence-corrected chi connectivity index (χ1v) is 5.29. The third-order valence-electron chi connectivity index (χ3n) is 1.88. The average Bonchev–Trinajstić information content (AvgIpc) is 2.85. The van der Waals surface area contributed by atoms with Crippen LogP contribution in [0.4, 0.5) is 0 Å². The number of nitrogens with one attached hydrogen (secondary N) is 1. The Labute approximate surface area is 77.7 Å². The number of carbonyl (C=O) groups excluding carboxylic acids is 1. The molecule has 1 fully saturated rings. The van der Waals surface area contributed by atoms with E-state index in [-0.39, 0.29) is 5.97 Å². The van der Waals surface area contributed by atoms with Crippen LogP contribution in [0.3, 0.4) is 0 Å². The number of methoxy groups -OCH3 is 1. The maximum Gasteiger partial charge on any atom is 0.614 e. The molecule has 0 bridgehead atoms. The molecule has 5 nitrogen and oxygen atoms in total. The third kappa shape index (κ3) is 2.46. The maximum atomic E-state index is 11.2. The Morgan fingerprint density at radius 1 is 1.62 bits per heavy atom. The molecule has 74 valence electrons. The van der Waals surface area contributed by atoms with Gasteiger partial charge in [0, 0.05) is 0 Å². The molecule has 1 rings (SSSR count). The van der Waals surface area contributed by atoms with Gasteiger partial charge in [0.1, 0.15) is 6.61 Å². The quantitative estimate of drug-likeness (QED) is 0.536. The first-order valence-electron chi connectivity index (χ1n) is 4.11. The molecule has 1 atom stereocenters. The van der Waals surface area contributed by atoms with E-state index in [0.717, 1.165) is 0 Å². The Balaban J connectivity index is 2.43. The monoisotopic (exact) mass is 206 g/mol. The highest BCUT2D eigenvalue weighted by molar-refractivity contribution is 7.36. The first-order chi connectivity index (χ1) is 6.14. The lowest BCUT2D eigenvalue weighted by Gasteiger charge is -2.05. The minimum absolute atomic E-state index is 0.361. The van der Waals surface area contributed by atoms with Gasteiger partial charge in [-0.25, -0.2) is 4.79 Å².